The van der Waals surface area contributed by atoms with Crippen LogP contribution in [0.15, 0.2) is 30.5 Å². The molecule has 0 aliphatic carbocycles. The number of halogens is 3. The molecule has 1 fully saturated rings. The fraction of sp³-hybridized carbons (Fsp3) is 0.444. The van der Waals surface area contributed by atoms with Gasteiger partial charge >= 0.3 is 6.18 Å². The normalized spacial score (nSPS) is 18.2. The second-order valence-electron chi connectivity index (χ2n) is 6.30. The first-order valence-electron chi connectivity index (χ1n) is 8.44. The van der Waals surface area contributed by atoms with E-state index in [0.717, 1.165) is 16.4 Å². The molecule has 1 aliphatic heterocycles. The van der Waals surface area contributed by atoms with Gasteiger partial charge in [0.1, 0.15) is 0 Å². The lowest BCUT2D eigenvalue weighted by atomic mass is 10.1. The number of benzene rings is 1. The van der Waals surface area contributed by atoms with Crippen LogP contribution in [0.3, 0.4) is 0 Å². The third-order valence-electron chi connectivity index (χ3n) is 4.43. The van der Waals surface area contributed by atoms with Crippen LogP contribution in [0.2, 0.25) is 0 Å². The van der Waals surface area contributed by atoms with Crippen molar-refractivity contribution in [3.8, 4) is 5.69 Å². The molecule has 0 spiro atoms. The Morgan fingerprint density at radius 1 is 1.31 bits per heavy atom. The first-order valence-corrected chi connectivity index (χ1v) is 8.44. The average molecular weight is 367 g/mol. The average Bonchev–Trinajstić information content (AvgIpc) is 3.07. The molecule has 0 saturated carbocycles. The van der Waals surface area contributed by atoms with E-state index in [1.807, 2.05) is 13.8 Å². The molecule has 1 amide bonds. The molecule has 26 heavy (non-hydrogen) atoms. The molecular weight excluding hydrogens is 347 g/mol. The number of carbonyl (C=O) groups is 1. The van der Waals surface area contributed by atoms with E-state index in [4.69, 9.17) is 4.74 Å². The van der Waals surface area contributed by atoms with E-state index in [1.165, 1.54) is 4.90 Å². The molecule has 0 N–H and O–H groups in total. The summed E-state index contributed by atoms with van der Waals surface area (Å²) in [5.74, 6) is -0.669. The number of aromatic nitrogens is 2. The van der Waals surface area contributed by atoms with Crippen molar-refractivity contribution in [2.24, 2.45) is 0 Å². The van der Waals surface area contributed by atoms with Crippen LogP contribution in [0.1, 0.15) is 35.0 Å². The number of hydrogen-bond donors (Lipinski definition) is 0. The molecule has 1 unspecified atom stereocenters. The van der Waals surface area contributed by atoms with E-state index in [2.05, 4.69) is 5.10 Å². The van der Waals surface area contributed by atoms with Gasteiger partial charge in [0, 0.05) is 13.1 Å². The van der Waals surface area contributed by atoms with Gasteiger partial charge in [0.05, 0.1) is 30.2 Å². The molecule has 2 heterocycles. The summed E-state index contributed by atoms with van der Waals surface area (Å²) in [6.45, 7) is 4.62. The highest BCUT2D eigenvalue weighted by Crippen LogP contribution is 2.34. The molecule has 1 aromatic heterocycles. The van der Waals surface area contributed by atoms with Crippen molar-refractivity contribution in [3.63, 3.8) is 0 Å². The summed E-state index contributed by atoms with van der Waals surface area (Å²) in [5.41, 5.74) is -0.305. The van der Waals surface area contributed by atoms with Gasteiger partial charge in [-0.25, -0.2) is 4.68 Å². The largest absolute Gasteiger partial charge is 0.434 e. The Morgan fingerprint density at radius 3 is 2.62 bits per heavy atom. The second-order valence-corrected chi connectivity index (χ2v) is 6.30. The smallest absolute Gasteiger partial charge is 0.375 e. The Hall–Kier alpha value is -2.35. The zero-order chi connectivity index (χ0) is 18.9. The molecule has 140 valence electrons. The lowest BCUT2D eigenvalue weighted by Crippen LogP contribution is -2.45. The van der Waals surface area contributed by atoms with Crippen molar-refractivity contribution in [2.45, 2.75) is 32.5 Å². The van der Waals surface area contributed by atoms with Gasteiger partial charge in [0.2, 0.25) is 0 Å². The highest BCUT2D eigenvalue weighted by Gasteiger charge is 2.41. The Balaban J connectivity index is 1.99. The van der Waals surface area contributed by atoms with E-state index < -0.39 is 23.3 Å². The fourth-order valence-electron chi connectivity index (χ4n) is 2.98. The van der Waals surface area contributed by atoms with E-state index >= 15 is 0 Å². The van der Waals surface area contributed by atoms with Gasteiger partial charge in [0.15, 0.2) is 5.69 Å². The van der Waals surface area contributed by atoms with Crippen molar-refractivity contribution in [1.82, 2.24) is 14.7 Å². The van der Waals surface area contributed by atoms with Gasteiger partial charge in [-0.05, 0) is 25.5 Å². The fourth-order valence-corrected chi connectivity index (χ4v) is 2.98. The van der Waals surface area contributed by atoms with Gasteiger partial charge in [-0.15, -0.1) is 0 Å². The number of carbonyl (C=O) groups excluding carboxylic acids is 1. The lowest BCUT2D eigenvalue weighted by Gasteiger charge is -2.32. The van der Waals surface area contributed by atoms with Gasteiger partial charge in [-0.1, -0.05) is 24.6 Å². The highest BCUT2D eigenvalue weighted by molar-refractivity contribution is 5.95. The molecule has 1 aliphatic rings. The molecule has 5 nitrogen and oxygen atoms in total. The quantitative estimate of drug-likeness (QED) is 0.835. The number of aryl methyl sites for hydroxylation is 1. The summed E-state index contributed by atoms with van der Waals surface area (Å²) in [4.78, 5) is 14.2. The van der Waals surface area contributed by atoms with Crippen molar-refractivity contribution >= 4 is 5.91 Å². The van der Waals surface area contributed by atoms with Crippen LogP contribution in [-0.4, -0.2) is 46.4 Å². The van der Waals surface area contributed by atoms with Crippen LogP contribution >= 0.6 is 0 Å². The molecular formula is C18H20F3N3O2. The number of amides is 1. The molecule has 8 heteroatoms. The predicted molar refractivity (Wildman–Crippen MR) is 89.2 cm³/mol. The summed E-state index contributed by atoms with van der Waals surface area (Å²) in [5, 5.41) is 3.86. The maximum atomic E-state index is 13.7. The molecule has 2 aromatic rings. The van der Waals surface area contributed by atoms with Crippen molar-refractivity contribution < 1.29 is 22.7 Å². The molecule has 1 aromatic carbocycles. The van der Waals surface area contributed by atoms with Gasteiger partial charge in [-0.3, -0.25) is 4.79 Å². The number of nitrogens with zero attached hydrogens (tertiary/aromatic N) is 3. The minimum absolute atomic E-state index is 0.158. The van der Waals surface area contributed by atoms with Crippen molar-refractivity contribution in [2.75, 3.05) is 19.7 Å². The van der Waals surface area contributed by atoms with E-state index in [-0.39, 0.29) is 24.9 Å². The van der Waals surface area contributed by atoms with E-state index in [9.17, 15) is 18.0 Å². The second kappa shape index (κ2) is 7.11. The molecule has 0 bridgehead atoms. The lowest BCUT2D eigenvalue weighted by molar-refractivity contribution is -0.143. The van der Waals surface area contributed by atoms with Crippen LogP contribution in [0.25, 0.3) is 5.69 Å². The summed E-state index contributed by atoms with van der Waals surface area (Å²) < 4.78 is 47.4. The maximum absolute atomic E-state index is 13.7. The Bertz CT molecular complexity index is 784. The minimum atomic E-state index is -4.71. The van der Waals surface area contributed by atoms with Gasteiger partial charge in [0.25, 0.3) is 5.91 Å². The van der Waals surface area contributed by atoms with E-state index in [1.54, 1.807) is 24.3 Å². The number of morpholine rings is 1. The Kier molecular flexibility index (Phi) is 5.04. The summed E-state index contributed by atoms with van der Waals surface area (Å²) in [6.07, 6.45) is -3.17. The first kappa shape index (κ1) is 18.4. The third-order valence-corrected chi connectivity index (χ3v) is 4.43. The number of ether oxygens (including phenoxy) is 1. The topological polar surface area (TPSA) is 47.4 Å². The van der Waals surface area contributed by atoms with Gasteiger partial charge < -0.3 is 9.64 Å². The zero-order valence-corrected chi connectivity index (χ0v) is 14.6. The molecule has 1 saturated heterocycles. The van der Waals surface area contributed by atoms with Crippen molar-refractivity contribution in [3.05, 3.63) is 47.3 Å². The van der Waals surface area contributed by atoms with Crippen LogP contribution in [0, 0.1) is 6.92 Å². The standard InChI is InChI=1S/C18H20F3N3O2/c1-3-14-11-23(8-9-26-14)17(25)15-10-22-24(16(15)18(19,20)21)13-6-4-12(2)5-7-13/h4-7,10,14H,3,8-9,11H2,1-2H3. The highest BCUT2D eigenvalue weighted by atomic mass is 19.4. The molecule has 0 radical (unpaired) electrons. The van der Waals surface area contributed by atoms with Crippen LogP contribution in [0.5, 0.6) is 0 Å². The number of rotatable bonds is 3. The maximum Gasteiger partial charge on any atom is 0.434 e. The van der Waals surface area contributed by atoms with Crippen LogP contribution < -0.4 is 0 Å². The Labute approximate surface area is 149 Å². The SMILES string of the molecule is CCC1CN(C(=O)c2cnn(-c3ccc(C)cc3)c2C(F)(F)F)CCO1. The Morgan fingerprint density at radius 2 is 2.00 bits per heavy atom. The minimum Gasteiger partial charge on any atom is -0.375 e. The predicted octanol–water partition coefficient (Wildman–Crippen LogP) is 3.45. The van der Waals surface area contributed by atoms with Crippen LogP contribution in [-0.2, 0) is 10.9 Å². The summed E-state index contributed by atoms with van der Waals surface area (Å²) >= 11 is 0. The molecule has 3 rings (SSSR count). The monoisotopic (exact) mass is 367 g/mol. The van der Waals surface area contributed by atoms with Crippen molar-refractivity contribution in [1.29, 1.82) is 0 Å². The van der Waals surface area contributed by atoms with E-state index in [0.29, 0.717) is 13.0 Å². The van der Waals surface area contributed by atoms with Gasteiger partial charge in [-0.2, -0.15) is 18.3 Å². The number of alkyl halides is 3. The first-order chi connectivity index (χ1) is 12.3. The summed E-state index contributed by atoms with van der Waals surface area (Å²) in [6, 6.07) is 6.50. The zero-order valence-electron chi connectivity index (χ0n) is 14.6. The molecule has 1 atom stereocenters. The third kappa shape index (κ3) is 3.60. The number of hydrogen-bond acceptors (Lipinski definition) is 3. The summed E-state index contributed by atoms with van der Waals surface area (Å²) in [7, 11) is 0. The van der Waals surface area contributed by atoms with Crippen LogP contribution in [0.4, 0.5) is 13.2 Å².